The first-order chi connectivity index (χ1) is 30.2. The molecule has 1 aliphatic rings. The van der Waals surface area contributed by atoms with Gasteiger partial charge in [0, 0.05) is 16.7 Å². The molecule has 0 aliphatic heterocycles. The van der Waals surface area contributed by atoms with Crippen molar-refractivity contribution < 1.29 is 0 Å². The highest BCUT2D eigenvalue weighted by Crippen LogP contribution is 2.58. The van der Waals surface area contributed by atoms with Crippen LogP contribution >= 0.6 is 0 Å². The monoisotopic (exact) mass is 776 g/mol. The lowest BCUT2D eigenvalue weighted by molar-refractivity contribution is 0.769. The van der Waals surface area contributed by atoms with Crippen molar-refractivity contribution >= 4 is 0 Å². The molecule has 0 spiro atoms. The molecule has 1 aliphatic carbocycles. The molecular formula is C59H40N2. The molecule has 286 valence electrons. The SMILES string of the molecule is c1ccc(-c2cc(-c3cccc(-c4cccc(-c5cc6c(cc5-c5ccccc5)-c5ccccc5C6(c5ccccc5)c5ccccc5)c4)c3)nc(-c3ccccc3)n2)cc1. The summed E-state index contributed by atoms with van der Waals surface area (Å²) in [4.78, 5) is 10.2. The minimum atomic E-state index is -0.501. The number of hydrogen-bond acceptors (Lipinski definition) is 2. The topological polar surface area (TPSA) is 25.8 Å². The van der Waals surface area contributed by atoms with Crippen LogP contribution in [0.2, 0.25) is 0 Å². The average molecular weight is 777 g/mol. The van der Waals surface area contributed by atoms with Crippen molar-refractivity contribution in [3.05, 3.63) is 265 Å². The number of hydrogen-bond donors (Lipinski definition) is 0. The summed E-state index contributed by atoms with van der Waals surface area (Å²) in [6.07, 6.45) is 0. The maximum Gasteiger partial charge on any atom is 0.160 e. The van der Waals surface area contributed by atoms with Crippen LogP contribution in [0, 0.1) is 0 Å². The highest BCUT2D eigenvalue weighted by molar-refractivity contribution is 5.95. The fourth-order valence-electron chi connectivity index (χ4n) is 9.38. The van der Waals surface area contributed by atoms with Gasteiger partial charge in [-0.1, -0.05) is 212 Å². The Labute approximate surface area is 357 Å². The number of aromatic nitrogens is 2. The molecule has 1 aromatic heterocycles. The van der Waals surface area contributed by atoms with E-state index in [1.54, 1.807) is 0 Å². The van der Waals surface area contributed by atoms with Gasteiger partial charge in [-0.3, -0.25) is 0 Å². The molecule has 11 rings (SSSR count). The van der Waals surface area contributed by atoms with Crippen molar-refractivity contribution in [3.8, 4) is 78.4 Å². The third kappa shape index (κ3) is 6.37. The maximum atomic E-state index is 5.15. The summed E-state index contributed by atoms with van der Waals surface area (Å²) >= 11 is 0. The van der Waals surface area contributed by atoms with Gasteiger partial charge < -0.3 is 0 Å². The molecule has 0 radical (unpaired) electrons. The quantitative estimate of drug-likeness (QED) is 0.154. The van der Waals surface area contributed by atoms with E-state index < -0.39 is 5.41 Å². The molecule has 10 aromatic rings. The van der Waals surface area contributed by atoms with Gasteiger partial charge in [-0.25, -0.2) is 9.97 Å². The van der Waals surface area contributed by atoms with E-state index >= 15 is 0 Å². The average Bonchev–Trinajstić information content (AvgIpc) is 3.65. The molecule has 0 atom stereocenters. The highest BCUT2D eigenvalue weighted by atomic mass is 14.9. The Bertz CT molecular complexity index is 3060. The van der Waals surface area contributed by atoms with Crippen molar-refractivity contribution in [2.45, 2.75) is 5.41 Å². The van der Waals surface area contributed by atoms with E-state index in [0.717, 1.165) is 44.8 Å². The van der Waals surface area contributed by atoms with Gasteiger partial charge in [0.1, 0.15) is 0 Å². The molecule has 0 bridgehead atoms. The normalized spacial score (nSPS) is 12.4. The Morgan fingerprint density at radius 1 is 0.246 bits per heavy atom. The fourth-order valence-corrected chi connectivity index (χ4v) is 9.38. The molecule has 0 unspecified atom stereocenters. The molecule has 0 N–H and O–H groups in total. The summed E-state index contributed by atoms with van der Waals surface area (Å²) in [5.74, 6) is 0.707. The van der Waals surface area contributed by atoms with Gasteiger partial charge >= 0.3 is 0 Å². The van der Waals surface area contributed by atoms with Gasteiger partial charge in [0.25, 0.3) is 0 Å². The van der Waals surface area contributed by atoms with Gasteiger partial charge in [-0.2, -0.15) is 0 Å². The predicted molar refractivity (Wildman–Crippen MR) is 252 cm³/mol. The van der Waals surface area contributed by atoms with Crippen LogP contribution in [0.3, 0.4) is 0 Å². The Balaban J connectivity index is 1.09. The first-order valence-corrected chi connectivity index (χ1v) is 20.9. The first kappa shape index (κ1) is 36.2. The van der Waals surface area contributed by atoms with Crippen molar-refractivity contribution in [3.63, 3.8) is 0 Å². The largest absolute Gasteiger partial charge is 0.228 e. The minimum absolute atomic E-state index is 0.501. The lowest BCUT2D eigenvalue weighted by Crippen LogP contribution is -2.28. The second-order valence-corrected chi connectivity index (χ2v) is 15.7. The van der Waals surface area contributed by atoms with Crippen LogP contribution in [-0.2, 0) is 5.41 Å². The second kappa shape index (κ2) is 15.3. The van der Waals surface area contributed by atoms with Gasteiger partial charge in [0.15, 0.2) is 5.82 Å². The van der Waals surface area contributed by atoms with Crippen LogP contribution in [-0.4, -0.2) is 9.97 Å². The molecule has 2 heteroatoms. The van der Waals surface area contributed by atoms with Gasteiger partial charge in [-0.15, -0.1) is 0 Å². The van der Waals surface area contributed by atoms with Crippen molar-refractivity contribution in [1.29, 1.82) is 0 Å². The molecule has 61 heavy (non-hydrogen) atoms. The Morgan fingerprint density at radius 3 is 1.31 bits per heavy atom. The van der Waals surface area contributed by atoms with Crippen molar-refractivity contribution in [1.82, 2.24) is 9.97 Å². The fraction of sp³-hybridized carbons (Fsp3) is 0.0169. The number of benzene rings is 9. The Kier molecular flexibility index (Phi) is 9.09. The third-order valence-electron chi connectivity index (χ3n) is 12.2. The zero-order valence-electron chi connectivity index (χ0n) is 33.5. The standard InChI is InChI=1S/C59H40N2/c1-6-20-41(21-7-1)51-38-53-50-34-16-17-35-54(50)59(48-30-12-4-13-31-48,49-32-14-5-15-33-49)55(53)39-52(51)46-28-18-26-44(36-46)45-27-19-29-47(37-45)57-40-56(42-22-8-2-9-23-42)60-58(61-57)43-24-10-3-11-25-43/h1-40H. The lowest BCUT2D eigenvalue weighted by Gasteiger charge is -2.34. The summed E-state index contributed by atoms with van der Waals surface area (Å²) in [5.41, 5.74) is 19.0. The number of nitrogens with zero attached hydrogens (tertiary/aromatic N) is 2. The summed E-state index contributed by atoms with van der Waals surface area (Å²) in [5, 5.41) is 0. The summed E-state index contributed by atoms with van der Waals surface area (Å²) in [6, 6.07) is 87.3. The van der Waals surface area contributed by atoms with E-state index in [-0.39, 0.29) is 0 Å². The summed E-state index contributed by atoms with van der Waals surface area (Å²) in [7, 11) is 0. The molecule has 2 nitrogen and oxygen atoms in total. The molecule has 9 aromatic carbocycles. The Hall–Kier alpha value is -7.94. The molecule has 1 heterocycles. The van der Waals surface area contributed by atoms with E-state index in [1.807, 2.05) is 24.3 Å². The summed E-state index contributed by atoms with van der Waals surface area (Å²) in [6.45, 7) is 0. The zero-order chi connectivity index (χ0) is 40.6. The number of rotatable bonds is 8. The van der Waals surface area contributed by atoms with Crippen molar-refractivity contribution in [2.24, 2.45) is 0 Å². The second-order valence-electron chi connectivity index (χ2n) is 15.7. The minimum Gasteiger partial charge on any atom is -0.228 e. The van der Waals surface area contributed by atoms with Crippen LogP contribution < -0.4 is 0 Å². The third-order valence-corrected chi connectivity index (χ3v) is 12.2. The summed E-state index contributed by atoms with van der Waals surface area (Å²) < 4.78 is 0. The van der Waals surface area contributed by atoms with Crippen LogP contribution in [0.1, 0.15) is 22.3 Å². The van der Waals surface area contributed by atoms with E-state index in [9.17, 15) is 0 Å². The molecule has 0 saturated carbocycles. The van der Waals surface area contributed by atoms with Gasteiger partial charge in [-0.05, 0) is 97.1 Å². The van der Waals surface area contributed by atoms with Gasteiger partial charge in [0.05, 0.1) is 16.8 Å². The van der Waals surface area contributed by atoms with Crippen LogP contribution in [0.5, 0.6) is 0 Å². The van der Waals surface area contributed by atoms with E-state index in [0.29, 0.717) is 5.82 Å². The van der Waals surface area contributed by atoms with Crippen molar-refractivity contribution in [2.75, 3.05) is 0 Å². The first-order valence-electron chi connectivity index (χ1n) is 20.9. The van der Waals surface area contributed by atoms with Crippen LogP contribution in [0.4, 0.5) is 0 Å². The van der Waals surface area contributed by atoms with E-state index in [1.165, 1.54) is 50.1 Å². The van der Waals surface area contributed by atoms with E-state index in [2.05, 4.69) is 218 Å². The Morgan fingerprint density at radius 2 is 0.689 bits per heavy atom. The predicted octanol–water partition coefficient (Wildman–Crippen LogP) is 14.8. The molecular weight excluding hydrogens is 737 g/mol. The smallest absolute Gasteiger partial charge is 0.160 e. The highest BCUT2D eigenvalue weighted by Gasteiger charge is 2.46. The molecule has 0 amide bonds. The molecule has 0 fully saturated rings. The van der Waals surface area contributed by atoms with Gasteiger partial charge in [0.2, 0.25) is 0 Å². The van der Waals surface area contributed by atoms with Crippen LogP contribution in [0.15, 0.2) is 243 Å². The van der Waals surface area contributed by atoms with E-state index in [4.69, 9.17) is 9.97 Å². The maximum absolute atomic E-state index is 5.15. The lowest BCUT2D eigenvalue weighted by atomic mass is 9.67. The number of fused-ring (bicyclic) bond motifs is 3. The zero-order valence-corrected chi connectivity index (χ0v) is 33.5. The molecule has 0 saturated heterocycles. The van der Waals surface area contributed by atoms with Crippen LogP contribution in [0.25, 0.3) is 78.4 Å².